The molecule has 0 aliphatic rings. The van der Waals surface area contributed by atoms with Gasteiger partial charge in [0.05, 0.1) is 18.6 Å². The van der Waals surface area contributed by atoms with Crippen LogP contribution in [-0.4, -0.2) is 47.5 Å². The van der Waals surface area contributed by atoms with Gasteiger partial charge < -0.3 is 19.3 Å². The molecule has 1 heterocycles. The molecule has 0 radical (unpaired) electrons. The molecular weight excluding hydrogens is 372 g/mol. The van der Waals surface area contributed by atoms with Gasteiger partial charge in [0, 0.05) is 11.6 Å². The molecule has 27 heavy (non-hydrogen) atoms. The van der Waals surface area contributed by atoms with Crippen molar-refractivity contribution in [3.8, 4) is 5.75 Å². The molecule has 144 valence electrons. The van der Waals surface area contributed by atoms with Gasteiger partial charge in [-0.3, -0.25) is 14.4 Å². The number of hydrogen-bond donors (Lipinski definition) is 1. The first-order valence-electron chi connectivity index (χ1n) is 8.07. The summed E-state index contributed by atoms with van der Waals surface area (Å²) < 4.78 is 15.0. The number of methoxy groups -OCH3 is 1. The smallest absolute Gasteiger partial charge is 0.316 e. The molecule has 1 aromatic carbocycles. The number of thioether (sulfide) groups is 1. The maximum Gasteiger partial charge on any atom is 0.316 e. The van der Waals surface area contributed by atoms with Crippen LogP contribution in [0.4, 0.5) is 5.82 Å². The second-order valence-corrected chi connectivity index (χ2v) is 6.57. The molecule has 0 unspecified atom stereocenters. The minimum atomic E-state index is -0.918. The first kappa shape index (κ1) is 20.5. The van der Waals surface area contributed by atoms with Crippen LogP contribution in [0.1, 0.15) is 23.0 Å². The minimum Gasteiger partial charge on any atom is -0.497 e. The summed E-state index contributed by atoms with van der Waals surface area (Å²) in [6.45, 7) is 3.22. The van der Waals surface area contributed by atoms with Gasteiger partial charge in [0.25, 0.3) is 0 Å². The fourth-order valence-corrected chi connectivity index (χ4v) is 2.70. The zero-order valence-electron chi connectivity index (χ0n) is 15.2. The highest BCUT2D eigenvalue weighted by atomic mass is 32.2. The molecule has 2 rings (SSSR count). The van der Waals surface area contributed by atoms with Crippen LogP contribution in [0.5, 0.6) is 5.75 Å². The number of nitrogens with zero attached hydrogens (tertiary/aromatic N) is 1. The Kier molecular flexibility index (Phi) is 7.42. The summed E-state index contributed by atoms with van der Waals surface area (Å²) in [6.07, 6.45) is -0.918. The van der Waals surface area contributed by atoms with Gasteiger partial charge in [0.2, 0.25) is 11.7 Å². The first-order chi connectivity index (χ1) is 12.9. The van der Waals surface area contributed by atoms with Gasteiger partial charge in [-0.25, -0.2) is 0 Å². The maximum atomic E-state index is 12.3. The van der Waals surface area contributed by atoms with E-state index in [9.17, 15) is 14.4 Å². The largest absolute Gasteiger partial charge is 0.497 e. The van der Waals surface area contributed by atoms with Crippen molar-refractivity contribution in [1.29, 1.82) is 0 Å². The summed E-state index contributed by atoms with van der Waals surface area (Å²) in [5.41, 5.74) is 0.422. The monoisotopic (exact) mass is 392 g/mol. The van der Waals surface area contributed by atoms with Crippen molar-refractivity contribution in [2.75, 3.05) is 23.9 Å². The number of carbonyl (C=O) groups excluding carboxylic acids is 3. The number of carbonyl (C=O) groups is 3. The quantitative estimate of drug-likeness (QED) is 0.512. The molecule has 0 saturated heterocycles. The number of benzene rings is 1. The third-order valence-corrected chi connectivity index (χ3v) is 4.31. The molecule has 9 heteroatoms. The summed E-state index contributed by atoms with van der Waals surface area (Å²) in [5, 5.41) is 6.19. The topological polar surface area (TPSA) is 108 Å². The van der Waals surface area contributed by atoms with Crippen LogP contribution in [-0.2, 0) is 14.3 Å². The van der Waals surface area contributed by atoms with Crippen molar-refractivity contribution in [1.82, 2.24) is 5.16 Å². The van der Waals surface area contributed by atoms with Crippen LogP contribution < -0.4 is 10.1 Å². The molecule has 0 fully saturated rings. The standard InChI is InChI=1S/C18H20N2O6S/c1-11-8-15(20-26-11)19-16(21)9-27-10-17(22)25-12(2)18(23)13-4-6-14(24-3)7-5-13/h4-8,12H,9-10H2,1-3H3,(H,19,20,21)/t12-/m1/s1. The lowest BCUT2D eigenvalue weighted by Crippen LogP contribution is -2.25. The first-order valence-corrected chi connectivity index (χ1v) is 9.23. The number of aryl methyl sites for hydroxylation is 1. The second kappa shape index (κ2) is 9.77. The van der Waals surface area contributed by atoms with Crippen LogP contribution in [0.2, 0.25) is 0 Å². The van der Waals surface area contributed by atoms with Gasteiger partial charge in [-0.1, -0.05) is 5.16 Å². The van der Waals surface area contributed by atoms with Crippen LogP contribution in [0.3, 0.4) is 0 Å². The molecule has 1 atom stereocenters. The van der Waals surface area contributed by atoms with Crippen LogP contribution >= 0.6 is 11.8 Å². The number of ketones is 1. The molecule has 0 bridgehead atoms. The second-order valence-electron chi connectivity index (χ2n) is 5.59. The Balaban J connectivity index is 1.72. The van der Waals surface area contributed by atoms with Crippen LogP contribution in [0.15, 0.2) is 34.9 Å². The van der Waals surface area contributed by atoms with E-state index < -0.39 is 12.1 Å². The van der Waals surface area contributed by atoms with Gasteiger partial charge >= 0.3 is 5.97 Å². The van der Waals surface area contributed by atoms with Crippen molar-refractivity contribution in [3.05, 3.63) is 41.7 Å². The van der Waals surface area contributed by atoms with Crippen molar-refractivity contribution >= 4 is 35.2 Å². The van der Waals surface area contributed by atoms with E-state index in [-0.39, 0.29) is 23.2 Å². The Morgan fingerprint density at radius 3 is 2.52 bits per heavy atom. The van der Waals surface area contributed by atoms with E-state index in [1.165, 1.54) is 14.0 Å². The molecular formula is C18H20N2O6S. The third-order valence-electron chi connectivity index (χ3n) is 3.40. The Hall–Kier alpha value is -2.81. The van der Waals surface area contributed by atoms with E-state index >= 15 is 0 Å². The molecule has 8 nitrogen and oxygen atoms in total. The zero-order valence-corrected chi connectivity index (χ0v) is 16.0. The van der Waals surface area contributed by atoms with Crippen molar-refractivity contribution in [2.45, 2.75) is 20.0 Å². The molecule has 1 amide bonds. The number of nitrogens with one attached hydrogen (secondary N) is 1. The van der Waals surface area contributed by atoms with Crippen molar-refractivity contribution in [3.63, 3.8) is 0 Å². The average Bonchev–Trinajstić information content (AvgIpc) is 3.05. The van der Waals surface area contributed by atoms with Gasteiger partial charge in [0.15, 0.2) is 11.9 Å². The number of amides is 1. The fraction of sp³-hybridized carbons (Fsp3) is 0.333. The number of aromatic nitrogens is 1. The van der Waals surface area contributed by atoms with Crippen LogP contribution in [0.25, 0.3) is 0 Å². The Bertz CT molecular complexity index is 802. The van der Waals surface area contributed by atoms with Gasteiger partial charge in [0.1, 0.15) is 11.5 Å². The van der Waals surface area contributed by atoms with Crippen LogP contribution in [0, 0.1) is 6.92 Å². The van der Waals surface area contributed by atoms with E-state index in [0.717, 1.165) is 11.8 Å². The summed E-state index contributed by atoms with van der Waals surface area (Å²) in [5.74, 6) is 0.328. The molecule has 0 saturated carbocycles. The Morgan fingerprint density at radius 2 is 1.93 bits per heavy atom. The molecule has 0 aliphatic heterocycles. The maximum absolute atomic E-state index is 12.3. The lowest BCUT2D eigenvalue weighted by Gasteiger charge is -2.12. The average molecular weight is 392 g/mol. The highest BCUT2D eigenvalue weighted by molar-refractivity contribution is 8.00. The molecule has 1 aromatic heterocycles. The summed E-state index contributed by atoms with van der Waals surface area (Å²) in [7, 11) is 1.53. The number of anilines is 1. The highest BCUT2D eigenvalue weighted by Gasteiger charge is 2.20. The predicted octanol–water partition coefficient (Wildman–Crippen LogP) is 2.48. The molecule has 2 aromatic rings. The van der Waals surface area contributed by atoms with E-state index in [4.69, 9.17) is 14.0 Å². The summed E-state index contributed by atoms with van der Waals surface area (Å²) in [4.78, 5) is 35.9. The normalized spacial score (nSPS) is 11.5. The molecule has 1 N–H and O–H groups in total. The number of hydrogen-bond acceptors (Lipinski definition) is 8. The lowest BCUT2D eigenvalue weighted by molar-refractivity contribution is -0.143. The van der Waals surface area contributed by atoms with E-state index in [0.29, 0.717) is 22.9 Å². The van der Waals surface area contributed by atoms with E-state index in [1.807, 2.05) is 0 Å². The molecule has 0 spiro atoms. The fourth-order valence-electron chi connectivity index (χ4n) is 2.11. The van der Waals surface area contributed by atoms with Gasteiger partial charge in [-0.2, -0.15) is 0 Å². The number of rotatable bonds is 9. The third kappa shape index (κ3) is 6.45. The van der Waals surface area contributed by atoms with Crippen molar-refractivity contribution < 1.29 is 28.4 Å². The van der Waals surface area contributed by atoms with Gasteiger partial charge in [-0.15, -0.1) is 11.8 Å². The summed E-state index contributed by atoms with van der Waals surface area (Å²) in [6, 6.07) is 8.12. The van der Waals surface area contributed by atoms with E-state index in [1.54, 1.807) is 37.3 Å². The lowest BCUT2D eigenvalue weighted by atomic mass is 10.1. The Labute approximate surface area is 160 Å². The number of esters is 1. The molecule has 0 aliphatic carbocycles. The zero-order chi connectivity index (χ0) is 19.8. The highest BCUT2D eigenvalue weighted by Crippen LogP contribution is 2.14. The van der Waals surface area contributed by atoms with Crippen molar-refractivity contribution in [2.24, 2.45) is 0 Å². The minimum absolute atomic E-state index is 0.0435. The number of ether oxygens (including phenoxy) is 2. The number of Topliss-reactive ketones (excluding diaryl/α,β-unsaturated/α-hetero) is 1. The van der Waals surface area contributed by atoms with E-state index in [2.05, 4.69) is 10.5 Å². The summed E-state index contributed by atoms with van der Waals surface area (Å²) >= 11 is 1.08. The predicted molar refractivity (Wildman–Crippen MR) is 100 cm³/mol. The SMILES string of the molecule is COc1ccc(C(=O)[C@@H](C)OC(=O)CSCC(=O)Nc2cc(C)on2)cc1. The Morgan fingerprint density at radius 1 is 1.22 bits per heavy atom. The van der Waals surface area contributed by atoms with Gasteiger partial charge in [-0.05, 0) is 38.1 Å².